The van der Waals surface area contributed by atoms with Crippen molar-refractivity contribution in [2.45, 2.75) is 37.5 Å². The van der Waals surface area contributed by atoms with Gasteiger partial charge in [-0.05, 0) is 146 Å². The molecule has 8 aromatic rings. The van der Waals surface area contributed by atoms with Crippen LogP contribution in [0.5, 0.6) is 0 Å². The lowest BCUT2D eigenvalue weighted by molar-refractivity contribution is -0.0399. The van der Waals surface area contributed by atoms with E-state index < -0.39 is 0 Å². The molecule has 5 aliphatic rings. The van der Waals surface area contributed by atoms with Crippen molar-refractivity contribution in [1.82, 2.24) is 0 Å². The summed E-state index contributed by atoms with van der Waals surface area (Å²) in [6.07, 6.45) is 7.18. The zero-order valence-corrected chi connectivity index (χ0v) is 28.3. The van der Waals surface area contributed by atoms with E-state index in [4.69, 9.17) is 0 Å². The highest BCUT2D eigenvalue weighted by molar-refractivity contribution is 7.25. The summed E-state index contributed by atoms with van der Waals surface area (Å²) in [4.78, 5) is 0. The summed E-state index contributed by atoms with van der Waals surface area (Å²) in [5.41, 5.74) is 11.8. The average molecular weight is 645 g/mol. The molecule has 1 spiro atoms. The van der Waals surface area contributed by atoms with E-state index >= 15 is 0 Å². The van der Waals surface area contributed by atoms with Gasteiger partial charge in [0.1, 0.15) is 0 Å². The Bertz CT molecular complexity index is 2600. The molecule has 5 aliphatic carbocycles. The molecular formula is C48H36S. The molecule has 1 aromatic heterocycles. The van der Waals surface area contributed by atoms with Gasteiger partial charge in [0.05, 0.1) is 0 Å². The zero-order valence-electron chi connectivity index (χ0n) is 27.5. The summed E-state index contributed by atoms with van der Waals surface area (Å²) in [5, 5.41) is 8.03. The van der Waals surface area contributed by atoms with Crippen LogP contribution in [0.2, 0.25) is 0 Å². The van der Waals surface area contributed by atoms with Crippen molar-refractivity contribution in [3.05, 3.63) is 145 Å². The van der Waals surface area contributed by atoms with Gasteiger partial charge in [0.2, 0.25) is 0 Å². The molecule has 0 N–H and O–H groups in total. The van der Waals surface area contributed by atoms with Crippen molar-refractivity contribution in [3.63, 3.8) is 0 Å². The number of fused-ring (bicyclic) bond motifs is 8. The molecule has 0 aliphatic heterocycles. The minimum Gasteiger partial charge on any atom is -0.135 e. The van der Waals surface area contributed by atoms with E-state index in [9.17, 15) is 0 Å². The van der Waals surface area contributed by atoms with Gasteiger partial charge in [-0.3, -0.25) is 0 Å². The Morgan fingerprint density at radius 3 is 1.59 bits per heavy atom. The Hall–Kier alpha value is -4.72. The van der Waals surface area contributed by atoms with Gasteiger partial charge in [0, 0.05) is 25.6 Å². The van der Waals surface area contributed by atoms with Crippen LogP contribution >= 0.6 is 11.3 Å². The highest BCUT2D eigenvalue weighted by Crippen LogP contribution is 2.69. The quantitative estimate of drug-likeness (QED) is 0.164. The van der Waals surface area contributed by atoms with Crippen molar-refractivity contribution in [3.8, 4) is 33.4 Å². The van der Waals surface area contributed by atoms with Gasteiger partial charge in [-0.25, -0.2) is 0 Å². The fraction of sp³-hybridized carbons (Fsp3) is 0.208. The lowest BCUT2D eigenvalue weighted by Crippen LogP contribution is -2.55. The first-order valence-electron chi connectivity index (χ1n) is 18.4. The number of hydrogen-bond donors (Lipinski definition) is 0. The highest BCUT2D eigenvalue weighted by Gasteiger charge is 2.61. The van der Waals surface area contributed by atoms with Crippen molar-refractivity contribution in [2.75, 3.05) is 0 Å². The second kappa shape index (κ2) is 9.71. The largest absolute Gasteiger partial charge is 0.135 e. The second-order valence-electron chi connectivity index (χ2n) is 15.6. The molecule has 13 rings (SSSR count). The molecule has 0 saturated heterocycles. The second-order valence-corrected chi connectivity index (χ2v) is 16.7. The predicted molar refractivity (Wildman–Crippen MR) is 208 cm³/mol. The van der Waals surface area contributed by atoms with Gasteiger partial charge in [0.25, 0.3) is 0 Å². The Labute approximate surface area is 291 Å². The molecule has 0 atom stereocenters. The molecule has 4 bridgehead atoms. The SMILES string of the molecule is c1ccc2c(c1)-c1cc(-c3c4ccccc4c(-c4ccc5sc6ccccc6c5c4)c4ccccc34)ccc1C21C2CC3CC(C2)CC1C3. The predicted octanol–water partition coefficient (Wildman–Crippen LogP) is 13.4. The van der Waals surface area contributed by atoms with E-state index in [0.717, 1.165) is 23.7 Å². The Balaban J connectivity index is 1.11. The van der Waals surface area contributed by atoms with Crippen LogP contribution in [-0.2, 0) is 5.41 Å². The maximum absolute atomic E-state index is 2.59. The molecule has 0 unspecified atom stereocenters. The van der Waals surface area contributed by atoms with Crippen molar-refractivity contribution in [2.24, 2.45) is 23.7 Å². The van der Waals surface area contributed by atoms with Crippen LogP contribution in [0.25, 0.3) is 75.1 Å². The van der Waals surface area contributed by atoms with E-state index in [0.29, 0.717) is 0 Å². The lowest BCUT2D eigenvalue weighted by atomic mass is 9.43. The van der Waals surface area contributed by atoms with E-state index in [1.165, 1.54) is 107 Å². The van der Waals surface area contributed by atoms with Gasteiger partial charge >= 0.3 is 0 Å². The van der Waals surface area contributed by atoms with Crippen LogP contribution in [-0.4, -0.2) is 0 Å². The number of benzene rings is 7. The maximum atomic E-state index is 2.59. The molecule has 4 saturated carbocycles. The third-order valence-corrected chi connectivity index (χ3v) is 14.6. The number of thiophene rings is 1. The number of rotatable bonds is 2. The summed E-state index contributed by atoms with van der Waals surface area (Å²) in [7, 11) is 0. The van der Waals surface area contributed by atoms with E-state index in [1.54, 1.807) is 11.1 Å². The third-order valence-electron chi connectivity index (χ3n) is 13.4. The normalized spacial score (nSPS) is 24.8. The smallest absolute Gasteiger partial charge is 0.0355 e. The molecule has 4 fully saturated rings. The lowest BCUT2D eigenvalue weighted by Gasteiger charge is -2.61. The summed E-state index contributed by atoms with van der Waals surface area (Å²) >= 11 is 1.89. The van der Waals surface area contributed by atoms with Gasteiger partial charge in [-0.15, -0.1) is 11.3 Å². The monoisotopic (exact) mass is 644 g/mol. The molecular weight excluding hydrogens is 609 g/mol. The van der Waals surface area contributed by atoms with Crippen molar-refractivity contribution >= 4 is 53.1 Å². The van der Waals surface area contributed by atoms with Gasteiger partial charge in [0.15, 0.2) is 0 Å². The van der Waals surface area contributed by atoms with E-state index in [-0.39, 0.29) is 5.41 Å². The first-order valence-corrected chi connectivity index (χ1v) is 19.2. The average Bonchev–Trinajstić information content (AvgIpc) is 3.66. The molecule has 1 heteroatoms. The first kappa shape index (κ1) is 27.1. The standard InChI is InChI=1S/C48H36S/c1-3-13-38-36(11-1)46(37-12-2-4-14-39(37)47(38)31-18-20-45-41(27-31)35-10-6-8-16-44(35)49-45)30-17-19-43-40(26-30)34-9-5-7-15-42(34)48(43)32-22-28-21-29(24-32)25-33(48)23-28/h1-20,26-29,32-33H,21-25H2. The molecule has 0 amide bonds. The molecule has 7 aromatic carbocycles. The van der Waals surface area contributed by atoms with Gasteiger partial charge in [-0.1, -0.05) is 109 Å². The summed E-state index contributed by atoms with van der Waals surface area (Å²) in [6, 6.07) is 51.5. The molecule has 234 valence electrons. The Kier molecular flexibility index (Phi) is 5.38. The zero-order chi connectivity index (χ0) is 31.8. The van der Waals surface area contributed by atoms with Crippen LogP contribution in [0.15, 0.2) is 133 Å². The molecule has 49 heavy (non-hydrogen) atoms. The summed E-state index contributed by atoms with van der Waals surface area (Å²) in [6.45, 7) is 0. The molecule has 1 heterocycles. The van der Waals surface area contributed by atoms with Crippen LogP contribution in [0.4, 0.5) is 0 Å². The van der Waals surface area contributed by atoms with E-state index in [2.05, 4.69) is 133 Å². The van der Waals surface area contributed by atoms with Gasteiger partial charge in [-0.2, -0.15) is 0 Å². The number of hydrogen-bond acceptors (Lipinski definition) is 1. The van der Waals surface area contributed by atoms with Crippen LogP contribution < -0.4 is 0 Å². The minimum atomic E-state index is 0.205. The van der Waals surface area contributed by atoms with Crippen molar-refractivity contribution in [1.29, 1.82) is 0 Å². The maximum Gasteiger partial charge on any atom is 0.0355 e. The summed E-state index contributed by atoms with van der Waals surface area (Å²) in [5.74, 6) is 3.49. The Morgan fingerprint density at radius 2 is 0.918 bits per heavy atom. The summed E-state index contributed by atoms with van der Waals surface area (Å²) < 4.78 is 2.71. The molecule has 0 radical (unpaired) electrons. The third kappa shape index (κ3) is 3.49. The fourth-order valence-corrected chi connectivity index (χ4v) is 13.0. The van der Waals surface area contributed by atoms with Crippen LogP contribution in [0.3, 0.4) is 0 Å². The van der Waals surface area contributed by atoms with Crippen LogP contribution in [0.1, 0.15) is 43.2 Å². The topological polar surface area (TPSA) is 0 Å². The van der Waals surface area contributed by atoms with Crippen LogP contribution in [0, 0.1) is 23.7 Å². The fourth-order valence-electron chi connectivity index (χ4n) is 11.9. The highest BCUT2D eigenvalue weighted by atomic mass is 32.1. The van der Waals surface area contributed by atoms with Crippen molar-refractivity contribution < 1.29 is 0 Å². The first-order chi connectivity index (χ1) is 24.3. The van der Waals surface area contributed by atoms with E-state index in [1.807, 2.05) is 11.3 Å². The molecule has 0 nitrogen and oxygen atoms in total. The Morgan fingerprint density at radius 1 is 0.408 bits per heavy atom. The van der Waals surface area contributed by atoms with Gasteiger partial charge < -0.3 is 0 Å². The minimum absolute atomic E-state index is 0.205.